The first-order chi connectivity index (χ1) is 12.7. The first kappa shape index (κ1) is 16.7. The summed E-state index contributed by atoms with van der Waals surface area (Å²) in [6.07, 6.45) is 1.44. The predicted molar refractivity (Wildman–Crippen MR) is 105 cm³/mol. The Kier molecular flexibility index (Phi) is 4.42. The van der Waals surface area contributed by atoms with Gasteiger partial charge in [-0.3, -0.25) is 14.5 Å². The summed E-state index contributed by atoms with van der Waals surface area (Å²) in [7, 11) is 0. The molecule has 3 aromatic rings. The number of nitrogens with zero attached hydrogens (tertiary/aromatic N) is 3. The fourth-order valence-corrected chi connectivity index (χ4v) is 4.25. The monoisotopic (exact) mass is 365 g/mol. The molecule has 1 saturated heterocycles. The van der Waals surface area contributed by atoms with Gasteiger partial charge in [0.15, 0.2) is 5.13 Å². The number of hydrogen-bond donors (Lipinski definition) is 0. The van der Waals surface area contributed by atoms with Gasteiger partial charge < -0.3 is 4.90 Å². The summed E-state index contributed by atoms with van der Waals surface area (Å²) >= 11 is 1.51. The maximum Gasteiger partial charge on any atom is 0.260 e. The number of carbonyl (C=O) groups is 2. The maximum absolute atomic E-state index is 13.1. The molecule has 0 spiro atoms. The second-order valence-corrected chi connectivity index (χ2v) is 7.22. The molecule has 4 rings (SSSR count). The summed E-state index contributed by atoms with van der Waals surface area (Å²) in [6.45, 7) is 3.19. The smallest absolute Gasteiger partial charge is 0.260 e. The van der Waals surface area contributed by atoms with Crippen LogP contribution in [0, 0.1) is 0 Å². The highest BCUT2D eigenvalue weighted by atomic mass is 32.1. The molecule has 132 valence electrons. The number of amides is 2. The Labute approximate surface area is 155 Å². The molecule has 0 radical (unpaired) electrons. The van der Waals surface area contributed by atoms with Gasteiger partial charge in [0.1, 0.15) is 0 Å². The molecule has 0 aliphatic carbocycles. The summed E-state index contributed by atoms with van der Waals surface area (Å²) in [6, 6.07) is 15.2. The van der Waals surface area contributed by atoms with E-state index in [4.69, 9.17) is 0 Å². The summed E-state index contributed by atoms with van der Waals surface area (Å²) in [5.74, 6) is 0.0215. The lowest BCUT2D eigenvalue weighted by Crippen LogP contribution is -2.31. The molecular formula is C20H19N3O2S. The van der Waals surface area contributed by atoms with E-state index < -0.39 is 0 Å². The lowest BCUT2D eigenvalue weighted by atomic mass is 10.1. The highest BCUT2D eigenvalue weighted by molar-refractivity contribution is 7.22. The third-order valence-electron chi connectivity index (χ3n) is 4.55. The van der Waals surface area contributed by atoms with Crippen molar-refractivity contribution < 1.29 is 9.59 Å². The lowest BCUT2D eigenvalue weighted by Gasteiger charge is -2.20. The molecule has 0 N–H and O–H groups in total. The number of carbonyl (C=O) groups excluding carboxylic acids is 2. The zero-order chi connectivity index (χ0) is 18.1. The van der Waals surface area contributed by atoms with Crippen LogP contribution in [0.5, 0.6) is 0 Å². The van der Waals surface area contributed by atoms with E-state index in [-0.39, 0.29) is 11.8 Å². The summed E-state index contributed by atoms with van der Waals surface area (Å²) in [4.78, 5) is 33.1. The number of hydrogen-bond acceptors (Lipinski definition) is 4. The summed E-state index contributed by atoms with van der Waals surface area (Å²) < 4.78 is 1.06. The van der Waals surface area contributed by atoms with Gasteiger partial charge in [0.2, 0.25) is 5.91 Å². The first-order valence-electron chi connectivity index (χ1n) is 8.75. The van der Waals surface area contributed by atoms with E-state index in [2.05, 4.69) is 4.98 Å². The first-order valence-corrected chi connectivity index (χ1v) is 9.57. The van der Waals surface area contributed by atoms with Crippen molar-refractivity contribution in [2.75, 3.05) is 22.9 Å². The Bertz CT molecular complexity index is 949. The van der Waals surface area contributed by atoms with E-state index >= 15 is 0 Å². The minimum atomic E-state index is -0.0972. The van der Waals surface area contributed by atoms with Crippen LogP contribution in [0.1, 0.15) is 30.1 Å². The number of para-hydroxylation sites is 1. The number of thiazole rings is 1. The van der Waals surface area contributed by atoms with E-state index in [1.807, 2.05) is 49.4 Å². The van der Waals surface area contributed by atoms with Crippen molar-refractivity contribution in [3.05, 3.63) is 54.1 Å². The molecule has 1 aromatic heterocycles. The number of benzene rings is 2. The van der Waals surface area contributed by atoms with Crippen molar-refractivity contribution in [3.8, 4) is 0 Å². The number of aromatic nitrogens is 1. The topological polar surface area (TPSA) is 53.5 Å². The minimum Gasteiger partial charge on any atom is -0.312 e. The minimum absolute atomic E-state index is 0.0972. The second kappa shape index (κ2) is 6.88. The number of rotatable bonds is 4. The Morgan fingerprint density at radius 3 is 2.81 bits per heavy atom. The summed E-state index contributed by atoms with van der Waals surface area (Å²) in [5.41, 5.74) is 2.26. The molecule has 0 bridgehead atoms. The van der Waals surface area contributed by atoms with Crippen LogP contribution in [0.25, 0.3) is 10.2 Å². The molecule has 5 nitrogen and oxygen atoms in total. The Morgan fingerprint density at radius 1 is 1.23 bits per heavy atom. The lowest BCUT2D eigenvalue weighted by molar-refractivity contribution is -0.117. The van der Waals surface area contributed by atoms with E-state index in [1.165, 1.54) is 11.3 Å². The molecule has 0 atom stereocenters. The van der Waals surface area contributed by atoms with Crippen molar-refractivity contribution in [3.63, 3.8) is 0 Å². The van der Waals surface area contributed by atoms with Crippen LogP contribution in [-0.4, -0.2) is 29.9 Å². The Balaban J connectivity index is 1.65. The molecule has 0 saturated carbocycles. The zero-order valence-corrected chi connectivity index (χ0v) is 15.3. The van der Waals surface area contributed by atoms with E-state index in [0.29, 0.717) is 30.2 Å². The maximum atomic E-state index is 13.1. The van der Waals surface area contributed by atoms with Gasteiger partial charge in [-0.2, -0.15) is 0 Å². The van der Waals surface area contributed by atoms with Crippen LogP contribution in [0.4, 0.5) is 10.8 Å². The number of fused-ring (bicyclic) bond motifs is 1. The van der Waals surface area contributed by atoms with E-state index in [9.17, 15) is 9.59 Å². The van der Waals surface area contributed by atoms with Gasteiger partial charge >= 0.3 is 0 Å². The van der Waals surface area contributed by atoms with Crippen LogP contribution >= 0.6 is 11.3 Å². The van der Waals surface area contributed by atoms with Crippen LogP contribution in [0.15, 0.2) is 48.5 Å². The van der Waals surface area contributed by atoms with Crippen LogP contribution in [-0.2, 0) is 4.79 Å². The van der Waals surface area contributed by atoms with Crippen molar-refractivity contribution in [1.82, 2.24) is 4.98 Å². The van der Waals surface area contributed by atoms with Gasteiger partial charge in [-0.25, -0.2) is 4.98 Å². The highest BCUT2D eigenvalue weighted by Crippen LogP contribution is 2.30. The van der Waals surface area contributed by atoms with Crippen molar-refractivity contribution in [2.24, 2.45) is 0 Å². The molecule has 26 heavy (non-hydrogen) atoms. The molecular weight excluding hydrogens is 346 g/mol. The van der Waals surface area contributed by atoms with Crippen LogP contribution in [0.3, 0.4) is 0 Å². The van der Waals surface area contributed by atoms with Gasteiger partial charge in [-0.15, -0.1) is 0 Å². The standard InChI is InChI=1S/C20H19N3O2S/c1-2-22(20-21-16-9-3-4-10-17(16)26-20)19(25)14-7-5-8-15(13-14)23-12-6-11-18(23)24/h3-5,7-10,13H,2,6,11-12H2,1H3. The summed E-state index contributed by atoms with van der Waals surface area (Å²) in [5, 5.41) is 0.696. The van der Waals surface area contributed by atoms with Crippen LogP contribution in [0.2, 0.25) is 0 Å². The van der Waals surface area contributed by atoms with Crippen LogP contribution < -0.4 is 9.80 Å². The molecule has 1 aliphatic heterocycles. The van der Waals surface area contributed by atoms with Gasteiger partial charge in [0.05, 0.1) is 10.2 Å². The molecule has 2 amide bonds. The SMILES string of the molecule is CCN(C(=O)c1cccc(N2CCCC2=O)c1)c1nc2ccccc2s1. The average Bonchev–Trinajstić information content (AvgIpc) is 3.28. The Morgan fingerprint density at radius 2 is 2.08 bits per heavy atom. The quantitative estimate of drug-likeness (QED) is 0.700. The van der Waals surface area contributed by atoms with E-state index in [1.54, 1.807) is 15.9 Å². The molecule has 2 heterocycles. The van der Waals surface area contributed by atoms with Gasteiger partial charge in [0.25, 0.3) is 5.91 Å². The molecule has 1 aliphatic rings. The third-order valence-corrected chi connectivity index (χ3v) is 5.61. The normalized spacial score (nSPS) is 14.2. The molecule has 1 fully saturated rings. The third kappa shape index (κ3) is 2.97. The van der Waals surface area contributed by atoms with Crippen molar-refractivity contribution >= 4 is 44.2 Å². The molecule has 2 aromatic carbocycles. The Hall–Kier alpha value is -2.73. The second-order valence-electron chi connectivity index (χ2n) is 6.21. The fraction of sp³-hybridized carbons (Fsp3) is 0.250. The van der Waals surface area contributed by atoms with Crippen molar-refractivity contribution in [2.45, 2.75) is 19.8 Å². The molecule has 6 heteroatoms. The average molecular weight is 365 g/mol. The molecule has 0 unspecified atom stereocenters. The van der Waals surface area contributed by atoms with Gasteiger partial charge in [-0.1, -0.05) is 29.5 Å². The zero-order valence-electron chi connectivity index (χ0n) is 14.5. The van der Waals surface area contributed by atoms with E-state index in [0.717, 1.165) is 22.3 Å². The number of anilines is 2. The largest absolute Gasteiger partial charge is 0.312 e. The van der Waals surface area contributed by atoms with Gasteiger partial charge in [-0.05, 0) is 43.7 Å². The van der Waals surface area contributed by atoms with Crippen molar-refractivity contribution in [1.29, 1.82) is 0 Å². The fourth-order valence-electron chi connectivity index (χ4n) is 3.23. The van der Waals surface area contributed by atoms with Gasteiger partial charge in [0, 0.05) is 30.8 Å². The predicted octanol–water partition coefficient (Wildman–Crippen LogP) is 4.09. The highest BCUT2D eigenvalue weighted by Gasteiger charge is 2.24.